The summed E-state index contributed by atoms with van der Waals surface area (Å²) in [5.74, 6) is 2.33. The molecular weight excluding hydrogens is 371 g/mol. The predicted octanol–water partition coefficient (Wildman–Crippen LogP) is 3.27. The SMILES string of the molecule is Cc1nc(N2CCCCC2)cc(N2CCN(C(=O)Nc3cccc(F)c3)CC2)n1. The summed E-state index contributed by atoms with van der Waals surface area (Å²) in [7, 11) is 0. The monoisotopic (exact) mass is 398 g/mol. The quantitative estimate of drug-likeness (QED) is 0.860. The lowest BCUT2D eigenvalue weighted by Crippen LogP contribution is -2.50. The Bertz CT molecular complexity index is 862. The van der Waals surface area contributed by atoms with E-state index >= 15 is 0 Å². The average molecular weight is 398 g/mol. The van der Waals surface area contributed by atoms with Crippen LogP contribution in [0.5, 0.6) is 0 Å². The van der Waals surface area contributed by atoms with E-state index < -0.39 is 0 Å². The molecule has 7 nitrogen and oxygen atoms in total. The molecule has 2 amide bonds. The number of amides is 2. The first-order chi connectivity index (χ1) is 14.1. The minimum absolute atomic E-state index is 0.205. The maximum Gasteiger partial charge on any atom is 0.321 e. The van der Waals surface area contributed by atoms with E-state index in [0.717, 1.165) is 30.5 Å². The van der Waals surface area contributed by atoms with Gasteiger partial charge in [-0.2, -0.15) is 0 Å². The Labute approximate surface area is 170 Å². The number of nitrogens with zero attached hydrogens (tertiary/aromatic N) is 5. The Morgan fingerprint density at radius 1 is 0.931 bits per heavy atom. The highest BCUT2D eigenvalue weighted by Gasteiger charge is 2.23. The topological polar surface area (TPSA) is 64.6 Å². The second-order valence-corrected chi connectivity index (χ2v) is 7.59. The molecule has 0 saturated carbocycles. The average Bonchev–Trinajstić information content (AvgIpc) is 2.74. The zero-order valence-electron chi connectivity index (χ0n) is 16.8. The third-order valence-corrected chi connectivity index (χ3v) is 5.46. The summed E-state index contributed by atoms with van der Waals surface area (Å²) in [5, 5.41) is 2.76. The summed E-state index contributed by atoms with van der Waals surface area (Å²) in [6, 6.07) is 7.81. The molecule has 0 spiro atoms. The van der Waals surface area contributed by atoms with Crippen LogP contribution in [-0.4, -0.2) is 60.2 Å². The van der Waals surface area contributed by atoms with Crippen LogP contribution in [0.3, 0.4) is 0 Å². The number of aromatic nitrogens is 2. The van der Waals surface area contributed by atoms with Crippen LogP contribution in [0.15, 0.2) is 30.3 Å². The number of hydrogen-bond donors (Lipinski definition) is 1. The van der Waals surface area contributed by atoms with Crippen LogP contribution in [0.2, 0.25) is 0 Å². The zero-order valence-corrected chi connectivity index (χ0v) is 16.8. The fourth-order valence-electron chi connectivity index (χ4n) is 3.89. The van der Waals surface area contributed by atoms with Crippen molar-refractivity contribution in [2.75, 3.05) is 54.4 Å². The summed E-state index contributed by atoms with van der Waals surface area (Å²) < 4.78 is 13.3. The van der Waals surface area contributed by atoms with Gasteiger partial charge in [0.1, 0.15) is 23.3 Å². The molecule has 8 heteroatoms. The molecule has 154 valence electrons. The molecule has 1 N–H and O–H groups in total. The number of aryl methyl sites for hydroxylation is 1. The Morgan fingerprint density at radius 2 is 1.59 bits per heavy atom. The van der Waals surface area contributed by atoms with Crippen LogP contribution in [-0.2, 0) is 0 Å². The highest BCUT2D eigenvalue weighted by molar-refractivity contribution is 5.89. The first-order valence-corrected chi connectivity index (χ1v) is 10.3. The maximum absolute atomic E-state index is 13.3. The number of rotatable bonds is 3. The Balaban J connectivity index is 1.38. The van der Waals surface area contributed by atoms with Crippen molar-refractivity contribution in [3.05, 3.63) is 42.0 Å². The number of nitrogens with one attached hydrogen (secondary N) is 1. The molecule has 3 heterocycles. The Hall–Kier alpha value is -2.90. The van der Waals surface area contributed by atoms with Crippen LogP contribution in [0.1, 0.15) is 25.1 Å². The number of piperidine rings is 1. The van der Waals surface area contributed by atoms with Gasteiger partial charge in [-0.3, -0.25) is 0 Å². The molecule has 2 fully saturated rings. The summed E-state index contributed by atoms with van der Waals surface area (Å²) >= 11 is 0. The maximum atomic E-state index is 13.3. The van der Waals surface area contributed by atoms with Gasteiger partial charge >= 0.3 is 6.03 Å². The number of urea groups is 1. The van der Waals surface area contributed by atoms with Crippen molar-refractivity contribution in [2.45, 2.75) is 26.2 Å². The van der Waals surface area contributed by atoms with Gasteiger partial charge in [0.15, 0.2) is 0 Å². The van der Waals surface area contributed by atoms with E-state index in [-0.39, 0.29) is 11.8 Å². The molecule has 0 unspecified atom stereocenters. The minimum Gasteiger partial charge on any atom is -0.356 e. The fourth-order valence-corrected chi connectivity index (χ4v) is 3.89. The standard InChI is InChI=1S/C21H27FN6O/c1-16-23-19(26-8-3-2-4-9-26)15-20(24-16)27-10-12-28(13-11-27)21(29)25-18-7-5-6-17(22)14-18/h5-7,14-15H,2-4,8-13H2,1H3,(H,25,29). The van der Waals surface area contributed by atoms with Crippen LogP contribution >= 0.6 is 0 Å². The number of anilines is 3. The molecule has 2 aromatic rings. The molecule has 2 aliphatic heterocycles. The predicted molar refractivity (Wildman–Crippen MR) is 112 cm³/mol. The van der Waals surface area contributed by atoms with Crippen LogP contribution < -0.4 is 15.1 Å². The van der Waals surface area contributed by atoms with Gasteiger partial charge in [0.25, 0.3) is 0 Å². The van der Waals surface area contributed by atoms with E-state index in [2.05, 4.69) is 31.2 Å². The van der Waals surface area contributed by atoms with Gasteiger partial charge in [0.05, 0.1) is 0 Å². The Morgan fingerprint density at radius 3 is 2.24 bits per heavy atom. The van der Waals surface area contributed by atoms with Crippen LogP contribution in [0.25, 0.3) is 0 Å². The number of carbonyl (C=O) groups excluding carboxylic acids is 1. The molecule has 0 bridgehead atoms. The van der Waals surface area contributed by atoms with Gasteiger partial charge in [-0.05, 0) is 44.4 Å². The molecule has 0 atom stereocenters. The fraction of sp³-hybridized carbons (Fsp3) is 0.476. The Kier molecular flexibility index (Phi) is 5.78. The lowest BCUT2D eigenvalue weighted by atomic mass is 10.1. The smallest absolute Gasteiger partial charge is 0.321 e. The number of carbonyl (C=O) groups is 1. The van der Waals surface area contributed by atoms with E-state index in [1.54, 1.807) is 17.0 Å². The zero-order chi connectivity index (χ0) is 20.2. The second-order valence-electron chi connectivity index (χ2n) is 7.59. The number of piperazine rings is 1. The lowest BCUT2D eigenvalue weighted by molar-refractivity contribution is 0.208. The van der Waals surface area contributed by atoms with Crippen molar-refractivity contribution in [1.29, 1.82) is 0 Å². The van der Waals surface area contributed by atoms with E-state index in [0.29, 0.717) is 31.9 Å². The molecule has 0 radical (unpaired) electrons. The highest BCUT2D eigenvalue weighted by atomic mass is 19.1. The first kappa shape index (κ1) is 19.4. The number of benzene rings is 1. The number of halogens is 1. The minimum atomic E-state index is -0.365. The molecule has 0 aliphatic carbocycles. The molecule has 2 aliphatic rings. The molecule has 2 saturated heterocycles. The van der Waals surface area contributed by atoms with E-state index in [9.17, 15) is 9.18 Å². The van der Waals surface area contributed by atoms with Gasteiger partial charge in [-0.1, -0.05) is 6.07 Å². The third kappa shape index (κ3) is 4.75. The van der Waals surface area contributed by atoms with E-state index in [1.807, 2.05) is 6.92 Å². The summed E-state index contributed by atoms with van der Waals surface area (Å²) in [6.07, 6.45) is 3.70. The molecule has 1 aromatic carbocycles. The van der Waals surface area contributed by atoms with E-state index in [1.165, 1.54) is 31.4 Å². The highest BCUT2D eigenvalue weighted by Crippen LogP contribution is 2.23. The van der Waals surface area contributed by atoms with Gasteiger partial charge in [-0.15, -0.1) is 0 Å². The summed E-state index contributed by atoms with van der Waals surface area (Å²) in [4.78, 5) is 28.0. The van der Waals surface area contributed by atoms with Gasteiger partial charge in [0, 0.05) is 51.0 Å². The second kappa shape index (κ2) is 8.63. The summed E-state index contributed by atoms with van der Waals surface area (Å²) in [6.45, 7) is 6.60. The van der Waals surface area contributed by atoms with Crippen molar-refractivity contribution >= 4 is 23.4 Å². The van der Waals surface area contributed by atoms with Crippen molar-refractivity contribution in [2.24, 2.45) is 0 Å². The van der Waals surface area contributed by atoms with Crippen molar-refractivity contribution < 1.29 is 9.18 Å². The van der Waals surface area contributed by atoms with Crippen LogP contribution in [0, 0.1) is 12.7 Å². The largest absolute Gasteiger partial charge is 0.356 e. The van der Waals surface area contributed by atoms with Crippen LogP contribution in [0.4, 0.5) is 26.5 Å². The van der Waals surface area contributed by atoms with Gasteiger partial charge in [0.2, 0.25) is 0 Å². The molecule has 29 heavy (non-hydrogen) atoms. The normalized spacial score (nSPS) is 17.4. The molecule has 1 aromatic heterocycles. The lowest BCUT2D eigenvalue weighted by Gasteiger charge is -2.36. The summed E-state index contributed by atoms with van der Waals surface area (Å²) in [5.41, 5.74) is 0.468. The van der Waals surface area contributed by atoms with Crippen molar-refractivity contribution in [3.8, 4) is 0 Å². The first-order valence-electron chi connectivity index (χ1n) is 10.3. The third-order valence-electron chi connectivity index (χ3n) is 5.46. The molecule has 4 rings (SSSR count). The van der Waals surface area contributed by atoms with Gasteiger partial charge in [-0.25, -0.2) is 19.2 Å². The van der Waals surface area contributed by atoms with Crippen molar-refractivity contribution in [3.63, 3.8) is 0 Å². The van der Waals surface area contributed by atoms with Crippen molar-refractivity contribution in [1.82, 2.24) is 14.9 Å². The van der Waals surface area contributed by atoms with Gasteiger partial charge < -0.3 is 20.0 Å². The van der Waals surface area contributed by atoms with E-state index in [4.69, 9.17) is 0 Å². The molecular formula is C21H27FN6O. The number of hydrogen-bond acceptors (Lipinski definition) is 5.